The molecule has 0 bridgehead atoms. The van der Waals surface area contributed by atoms with Crippen molar-refractivity contribution < 1.29 is 27.4 Å². The maximum Gasteiger partial charge on any atom is 0.419 e. The molecule has 0 radical (unpaired) electrons. The van der Waals surface area contributed by atoms with Gasteiger partial charge in [0.15, 0.2) is 6.10 Å². The van der Waals surface area contributed by atoms with Crippen LogP contribution in [0.3, 0.4) is 0 Å². The minimum absolute atomic E-state index is 0.214. The highest BCUT2D eigenvalue weighted by Crippen LogP contribution is 2.31. The lowest BCUT2D eigenvalue weighted by atomic mass is 10.1. The Morgan fingerprint density at radius 3 is 2.77 bits per heavy atom. The Morgan fingerprint density at radius 1 is 1.69 bits per heavy atom. The summed E-state index contributed by atoms with van der Waals surface area (Å²) in [6.45, 7) is -0.214. The first-order valence-corrected chi connectivity index (χ1v) is 3.43. The predicted octanol–water partition coefficient (Wildman–Crippen LogP) is 1.05. The van der Waals surface area contributed by atoms with E-state index in [-0.39, 0.29) is 6.61 Å². The lowest BCUT2D eigenvalue weighted by molar-refractivity contribution is -0.201. The summed E-state index contributed by atoms with van der Waals surface area (Å²) < 4.78 is 44.9. The Morgan fingerprint density at radius 2 is 2.31 bits per heavy atom. The normalized spacial score (nSPS) is 22.8. The van der Waals surface area contributed by atoms with Crippen molar-refractivity contribution in [2.45, 2.75) is 12.3 Å². The van der Waals surface area contributed by atoms with Crippen LogP contribution in [0.5, 0.6) is 0 Å². The molecule has 0 aliphatic carbocycles. The zero-order chi connectivity index (χ0) is 10.1. The van der Waals surface area contributed by atoms with Gasteiger partial charge in [0.05, 0.1) is 19.3 Å². The number of carbonyl (C=O) groups excluding carboxylic acids is 1. The molecule has 0 amide bonds. The number of hydrogen-bond acceptors (Lipinski definition) is 3. The maximum absolute atomic E-state index is 12.1. The molecule has 1 aliphatic rings. The van der Waals surface area contributed by atoms with Gasteiger partial charge in [0.1, 0.15) is 0 Å². The topological polar surface area (TPSA) is 35.5 Å². The third-order valence-corrected chi connectivity index (χ3v) is 1.57. The van der Waals surface area contributed by atoms with E-state index in [1.54, 1.807) is 0 Å². The van der Waals surface area contributed by atoms with Crippen molar-refractivity contribution in [2.24, 2.45) is 0 Å². The average Bonchev–Trinajstić information content (AvgIpc) is 2.49. The van der Waals surface area contributed by atoms with Gasteiger partial charge in [0, 0.05) is 0 Å². The van der Waals surface area contributed by atoms with Crippen LogP contribution in [0.1, 0.15) is 0 Å². The van der Waals surface area contributed by atoms with Gasteiger partial charge in [-0.15, -0.1) is 0 Å². The van der Waals surface area contributed by atoms with Crippen LogP contribution in [0.2, 0.25) is 0 Å². The first kappa shape index (κ1) is 10.0. The third kappa shape index (κ3) is 2.00. The van der Waals surface area contributed by atoms with Crippen molar-refractivity contribution in [3.05, 3.63) is 11.6 Å². The molecule has 1 aliphatic heterocycles. The highest BCUT2D eigenvalue weighted by molar-refractivity contribution is 5.90. The van der Waals surface area contributed by atoms with Crippen molar-refractivity contribution in [1.29, 1.82) is 0 Å². The summed E-state index contributed by atoms with van der Waals surface area (Å²) in [6.07, 6.45) is -5.62. The Balaban J connectivity index is 2.80. The van der Waals surface area contributed by atoms with E-state index < -0.39 is 23.8 Å². The Bertz CT molecular complexity index is 244. The summed E-state index contributed by atoms with van der Waals surface area (Å²) in [5.41, 5.74) is -0.477. The molecule has 0 fully saturated rings. The first-order chi connectivity index (χ1) is 5.96. The lowest BCUT2D eigenvalue weighted by Gasteiger charge is -2.16. The summed E-state index contributed by atoms with van der Waals surface area (Å²) in [5, 5.41) is 0. The smallest absolute Gasteiger partial charge is 0.419 e. The van der Waals surface area contributed by atoms with Gasteiger partial charge in [0.25, 0.3) is 0 Å². The number of rotatable bonds is 1. The fourth-order valence-corrected chi connectivity index (χ4v) is 1.01. The monoisotopic (exact) mass is 196 g/mol. The van der Waals surface area contributed by atoms with E-state index in [1.807, 2.05) is 0 Å². The molecule has 1 rings (SSSR count). The van der Waals surface area contributed by atoms with Crippen LogP contribution < -0.4 is 0 Å². The first-order valence-electron chi connectivity index (χ1n) is 3.43. The number of carbonyl (C=O) groups is 1. The molecule has 0 aromatic carbocycles. The van der Waals surface area contributed by atoms with Gasteiger partial charge in [-0.05, 0) is 6.08 Å². The average molecular weight is 196 g/mol. The van der Waals surface area contributed by atoms with Gasteiger partial charge in [-0.25, -0.2) is 4.79 Å². The summed E-state index contributed by atoms with van der Waals surface area (Å²) in [6, 6.07) is 0. The van der Waals surface area contributed by atoms with Crippen molar-refractivity contribution in [3.63, 3.8) is 0 Å². The van der Waals surface area contributed by atoms with Crippen LogP contribution in [0.4, 0.5) is 13.2 Å². The van der Waals surface area contributed by atoms with Crippen molar-refractivity contribution >= 4 is 5.97 Å². The van der Waals surface area contributed by atoms with Crippen molar-refractivity contribution in [1.82, 2.24) is 0 Å². The van der Waals surface area contributed by atoms with Gasteiger partial charge >= 0.3 is 12.1 Å². The quantitative estimate of drug-likeness (QED) is 0.588. The van der Waals surface area contributed by atoms with Crippen LogP contribution in [0, 0.1) is 0 Å². The van der Waals surface area contributed by atoms with Crippen LogP contribution in [0.15, 0.2) is 11.6 Å². The van der Waals surface area contributed by atoms with E-state index in [1.165, 1.54) is 0 Å². The highest BCUT2D eigenvalue weighted by atomic mass is 19.4. The van der Waals surface area contributed by atoms with E-state index in [0.29, 0.717) is 0 Å². The predicted molar refractivity (Wildman–Crippen MR) is 35.9 cm³/mol. The summed E-state index contributed by atoms with van der Waals surface area (Å²) in [4.78, 5) is 10.8. The number of esters is 1. The molecule has 0 aromatic rings. The molecule has 6 heteroatoms. The maximum atomic E-state index is 12.1. The molecule has 0 N–H and O–H groups in total. The van der Waals surface area contributed by atoms with E-state index in [9.17, 15) is 18.0 Å². The third-order valence-electron chi connectivity index (χ3n) is 1.57. The zero-order valence-corrected chi connectivity index (χ0v) is 6.72. The second-order valence-corrected chi connectivity index (χ2v) is 2.41. The fraction of sp³-hybridized carbons (Fsp3) is 0.571. The second-order valence-electron chi connectivity index (χ2n) is 2.41. The SMILES string of the molecule is COC(=O)C1=CCOC1C(F)(F)F. The van der Waals surface area contributed by atoms with Crippen LogP contribution in [-0.4, -0.2) is 32.0 Å². The number of ether oxygens (including phenoxy) is 2. The highest BCUT2D eigenvalue weighted by Gasteiger charge is 2.47. The van der Waals surface area contributed by atoms with Gasteiger partial charge in [-0.2, -0.15) is 13.2 Å². The Hall–Kier alpha value is -1.04. The molecule has 13 heavy (non-hydrogen) atoms. The summed E-state index contributed by atoms with van der Waals surface area (Å²) in [5.74, 6) is -1.00. The standard InChI is InChI=1S/C7H7F3O3/c1-12-6(11)4-2-3-13-5(4)7(8,9)10/h2,5H,3H2,1H3. The Labute approximate surface area is 72.1 Å². The molecule has 3 nitrogen and oxygen atoms in total. The molecule has 1 heterocycles. The number of halogens is 3. The molecule has 1 unspecified atom stereocenters. The Kier molecular flexibility index (Phi) is 2.60. The number of hydrogen-bond donors (Lipinski definition) is 0. The second kappa shape index (κ2) is 3.37. The van der Waals surface area contributed by atoms with E-state index in [0.717, 1.165) is 13.2 Å². The molecule has 74 valence electrons. The van der Waals surface area contributed by atoms with Gasteiger partial charge < -0.3 is 9.47 Å². The molecule has 0 spiro atoms. The largest absolute Gasteiger partial charge is 0.466 e. The zero-order valence-electron chi connectivity index (χ0n) is 6.72. The van der Waals surface area contributed by atoms with Gasteiger partial charge in [-0.1, -0.05) is 0 Å². The number of alkyl halides is 3. The minimum Gasteiger partial charge on any atom is -0.466 e. The summed E-state index contributed by atoms with van der Waals surface area (Å²) >= 11 is 0. The molecule has 0 aromatic heterocycles. The van der Waals surface area contributed by atoms with E-state index in [2.05, 4.69) is 9.47 Å². The molecule has 0 saturated heterocycles. The molecular weight excluding hydrogens is 189 g/mol. The van der Waals surface area contributed by atoms with Gasteiger partial charge in [0.2, 0.25) is 0 Å². The van der Waals surface area contributed by atoms with Crippen molar-refractivity contribution in [3.8, 4) is 0 Å². The van der Waals surface area contributed by atoms with Crippen LogP contribution in [-0.2, 0) is 14.3 Å². The van der Waals surface area contributed by atoms with E-state index in [4.69, 9.17) is 0 Å². The number of methoxy groups -OCH3 is 1. The van der Waals surface area contributed by atoms with Crippen molar-refractivity contribution in [2.75, 3.05) is 13.7 Å². The van der Waals surface area contributed by atoms with E-state index >= 15 is 0 Å². The summed E-state index contributed by atoms with van der Waals surface area (Å²) in [7, 11) is 1.02. The van der Waals surface area contributed by atoms with Gasteiger partial charge in [-0.3, -0.25) is 0 Å². The molecular formula is C7H7F3O3. The fourth-order valence-electron chi connectivity index (χ4n) is 1.01. The minimum atomic E-state index is -4.56. The lowest BCUT2D eigenvalue weighted by Crippen LogP contribution is -2.33. The molecule has 1 atom stereocenters. The molecule has 0 saturated carbocycles. The van der Waals surface area contributed by atoms with Crippen LogP contribution in [0.25, 0.3) is 0 Å². The van der Waals surface area contributed by atoms with Crippen LogP contribution >= 0.6 is 0 Å².